The molecule has 0 saturated carbocycles. The van der Waals surface area contributed by atoms with Gasteiger partial charge in [-0.05, 0) is 64.6 Å². The smallest absolute Gasteiger partial charge is 0.0426 e. The van der Waals surface area contributed by atoms with E-state index in [1.54, 1.807) is 0 Å². The number of hydrogen-bond acceptors (Lipinski definition) is 3. The lowest BCUT2D eigenvalue weighted by atomic mass is 9.95. The van der Waals surface area contributed by atoms with Gasteiger partial charge in [-0.1, -0.05) is 0 Å². The summed E-state index contributed by atoms with van der Waals surface area (Å²) in [5.74, 6) is 0.817. The minimum Gasteiger partial charge on any atom is -0.371 e. The summed E-state index contributed by atoms with van der Waals surface area (Å²) in [6.45, 7) is 12.3. The lowest BCUT2D eigenvalue weighted by Crippen LogP contribution is -2.43. The number of hydrogen-bond donors (Lipinski definition) is 1. The van der Waals surface area contributed by atoms with Gasteiger partial charge < -0.3 is 10.2 Å². The fourth-order valence-electron chi connectivity index (χ4n) is 2.65. The van der Waals surface area contributed by atoms with Gasteiger partial charge in [-0.2, -0.15) is 0 Å². The minimum atomic E-state index is 0.235. The molecule has 0 amide bonds. The van der Waals surface area contributed by atoms with Crippen LogP contribution in [-0.4, -0.2) is 30.2 Å². The molecule has 0 aromatic carbocycles. The van der Waals surface area contributed by atoms with Crippen LogP contribution in [0.3, 0.4) is 0 Å². The first-order chi connectivity index (χ1) is 8.96. The van der Waals surface area contributed by atoms with Crippen molar-refractivity contribution in [2.24, 2.45) is 5.92 Å². The van der Waals surface area contributed by atoms with Gasteiger partial charge in [0.05, 0.1) is 0 Å². The maximum atomic E-state index is 4.17. The quantitative estimate of drug-likeness (QED) is 0.906. The molecule has 1 N–H and O–H groups in total. The molecule has 0 radical (unpaired) electrons. The maximum absolute atomic E-state index is 4.17. The molecule has 2 heterocycles. The number of nitrogens with one attached hydrogen (secondary N) is 1. The zero-order valence-corrected chi connectivity index (χ0v) is 12.7. The molecule has 0 atom stereocenters. The standard InChI is InChI=1S/C16H27N3/c1-13-11-17-8-5-15(13)19-9-6-14(7-10-19)12-18-16(2,3)4/h5,8,11,14,18H,6-7,9-10,12H2,1-4H3. The Bertz CT molecular complexity index is 401. The summed E-state index contributed by atoms with van der Waals surface area (Å²) in [5.41, 5.74) is 2.88. The molecule has 3 nitrogen and oxygen atoms in total. The first-order valence-electron chi connectivity index (χ1n) is 7.36. The van der Waals surface area contributed by atoms with Crippen molar-refractivity contribution in [1.29, 1.82) is 0 Å². The van der Waals surface area contributed by atoms with Gasteiger partial charge in [0.1, 0.15) is 0 Å². The fraction of sp³-hybridized carbons (Fsp3) is 0.688. The van der Waals surface area contributed by atoms with Crippen LogP contribution >= 0.6 is 0 Å². The second-order valence-electron chi connectivity index (χ2n) is 6.72. The van der Waals surface area contributed by atoms with Crippen LogP contribution in [-0.2, 0) is 0 Å². The Morgan fingerprint density at radius 3 is 2.58 bits per heavy atom. The molecule has 1 saturated heterocycles. The third-order valence-corrected chi connectivity index (χ3v) is 3.87. The third-order valence-electron chi connectivity index (χ3n) is 3.87. The van der Waals surface area contributed by atoms with Crippen molar-refractivity contribution in [3.63, 3.8) is 0 Å². The largest absolute Gasteiger partial charge is 0.371 e. The normalized spacial score (nSPS) is 17.8. The van der Waals surface area contributed by atoms with Crippen LogP contribution < -0.4 is 10.2 Å². The molecule has 1 aromatic rings. The van der Waals surface area contributed by atoms with Crippen molar-refractivity contribution < 1.29 is 0 Å². The van der Waals surface area contributed by atoms with Crippen LogP contribution in [0.15, 0.2) is 18.5 Å². The highest BCUT2D eigenvalue weighted by molar-refractivity contribution is 5.51. The summed E-state index contributed by atoms with van der Waals surface area (Å²) in [5, 5.41) is 3.63. The molecule has 0 aliphatic carbocycles. The lowest BCUT2D eigenvalue weighted by Gasteiger charge is -2.35. The summed E-state index contributed by atoms with van der Waals surface area (Å²) < 4.78 is 0. The molecular weight excluding hydrogens is 234 g/mol. The Morgan fingerprint density at radius 1 is 1.32 bits per heavy atom. The van der Waals surface area contributed by atoms with Crippen molar-refractivity contribution in [2.75, 3.05) is 24.5 Å². The SMILES string of the molecule is Cc1cnccc1N1CCC(CNC(C)(C)C)CC1. The first-order valence-corrected chi connectivity index (χ1v) is 7.36. The number of aromatic nitrogens is 1. The number of rotatable bonds is 3. The summed E-state index contributed by atoms with van der Waals surface area (Å²) in [4.78, 5) is 6.68. The Balaban J connectivity index is 1.84. The average molecular weight is 261 g/mol. The van der Waals surface area contributed by atoms with E-state index in [-0.39, 0.29) is 5.54 Å². The highest BCUT2D eigenvalue weighted by atomic mass is 15.1. The highest BCUT2D eigenvalue weighted by Crippen LogP contribution is 2.25. The van der Waals surface area contributed by atoms with Crippen molar-refractivity contribution in [2.45, 2.75) is 46.1 Å². The topological polar surface area (TPSA) is 28.2 Å². The zero-order chi connectivity index (χ0) is 13.9. The van der Waals surface area contributed by atoms with Gasteiger partial charge in [-0.3, -0.25) is 4.98 Å². The first kappa shape index (κ1) is 14.3. The van der Waals surface area contributed by atoms with Gasteiger partial charge in [0, 0.05) is 36.7 Å². The predicted octanol–water partition coefficient (Wildman–Crippen LogP) is 2.99. The van der Waals surface area contributed by atoms with Crippen LogP contribution in [0.1, 0.15) is 39.2 Å². The van der Waals surface area contributed by atoms with E-state index in [9.17, 15) is 0 Å². The van der Waals surface area contributed by atoms with Gasteiger partial charge in [0.15, 0.2) is 0 Å². The molecule has 0 bridgehead atoms. The summed E-state index contributed by atoms with van der Waals surface area (Å²) >= 11 is 0. The number of anilines is 1. The third kappa shape index (κ3) is 4.20. The molecule has 106 valence electrons. The lowest BCUT2D eigenvalue weighted by molar-refractivity contribution is 0.329. The number of piperidine rings is 1. The Kier molecular flexibility index (Phi) is 4.46. The summed E-state index contributed by atoms with van der Waals surface area (Å²) in [6.07, 6.45) is 6.42. The Hall–Kier alpha value is -1.09. The van der Waals surface area contributed by atoms with Gasteiger partial charge in [0.2, 0.25) is 0 Å². The van der Waals surface area contributed by atoms with E-state index < -0.39 is 0 Å². The number of pyridine rings is 1. The van der Waals surface area contributed by atoms with Crippen molar-refractivity contribution in [3.8, 4) is 0 Å². The van der Waals surface area contributed by atoms with Crippen LogP contribution in [0.4, 0.5) is 5.69 Å². The predicted molar refractivity (Wildman–Crippen MR) is 81.7 cm³/mol. The van der Waals surface area contributed by atoms with E-state index in [4.69, 9.17) is 0 Å². The molecule has 0 unspecified atom stereocenters. The fourth-order valence-corrected chi connectivity index (χ4v) is 2.65. The zero-order valence-electron chi connectivity index (χ0n) is 12.7. The van der Waals surface area contributed by atoms with Gasteiger partial charge in [-0.25, -0.2) is 0 Å². The summed E-state index contributed by atoms with van der Waals surface area (Å²) in [7, 11) is 0. The van der Waals surface area contributed by atoms with Crippen molar-refractivity contribution >= 4 is 5.69 Å². The molecule has 2 rings (SSSR count). The molecule has 1 aromatic heterocycles. The number of aryl methyl sites for hydroxylation is 1. The molecule has 1 aliphatic rings. The van der Waals surface area contributed by atoms with E-state index in [1.807, 2.05) is 12.4 Å². The van der Waals surface area contributed by atoms with Gasteiger partial charge in [-0.15, -0.1) is 0 Å². The van der Waals surface area contributed by atoms with Crippen molar-refractivity contribution in [1.82, 2.24) is 10.3 Å². The molecule has 19 heavy (non-hydrogen) atoms. The molecular formula is C16H27N3. The van der Waals surface area contributed by atoms with E-state index in [1.165, 1.54) is 37.2 Å². The van der Waals surface area contributed by atoms with E-state index in [2.05, 4.69) is 49.0 Å². The maximum Gasteiger partial charge on any atom is 0.0426 e. The summed E-state index contributed by atoms with van der Waals surface area (Å²) in [6, 6.07) is 2.14. The van der Waals surface area contributed by atoms with Gasteiger partial charge in [0.25, 0.3) is 0 Å². The highest BCUT2D eigenvalue weighted by Gasteiger charge is 2.21. The van der Waals surface area contributed by atoms with Crippen molar-refractivity contribution in [3.05, 3.63) is 24.0 Å². The van der Waals surface area contributed by atoms with Crippen LogP contribution in [0.25, 0.3) is 0 Å². The second kappa shape index (κ2) is 5.91. The molecule has 3 heteroatoms. The van der Waals surface area contributed by atoms with Crippen LogP contribution in [0.5, 0.6) is 0 Å². The van der Waals surface area contributed by atoms with E-state index in [0.29, 0.717) is 0 Å². The van der Waals surface area contributed by atoms with Crippen LogP contribution in [0, 0.1) is 12.8 Å². The molecule has 1 aliphatic heterocycles. The van der Waals surface area contributed by atoms with Crippen LogP contribution in [0.2, 0.25) is 0 Å². The van der Waals surface area contributed by atoms with Gasteiger partial charge >= 0.3 is 0 Å². The minimum absolute atomic E-state index is 0.235. The second-order valence-corrected chi connectivity index (χ2v) is 6.72. The van der Waals surface area contributed by atoms with E-state index >= 15 is 0 Å². The average Bonchev–Trinajstić information content (AvgIpc) is 2.37. The Labute approximate surface area is 117 Å². The molecule has 0 spiro atoms. The molecule has 1 fully saturated rings. The number of nitrogens with zero attached hydrogens (tertiary/aromatic N) is 2. The Morgan fingerprint density at radius 2 is 2.00 bits per heavy atom. The van der Waals surface area contributed by atoms with E-state index in [0.717, 1.165) is 12.5 Å². The monoisotopic (exact) mass is 261 g/mol.